The third kappa shape index (κ3) is 5.34. The van der Waals surface area contributed by atoms with Crippen molar-refractivity contribution in [2.45, 2.75) is 49.1 Å². The van der Waals surface area contributed by atoms with Crippen molar-refractivity contribution in [3.05, 3.63) is 51.7 Å². The Hall–Kier alpha value is -3.05. The molecule has 0 aromatic carbocycles. The van der Waals surface area contributed by atoms with Crippen LogP contribution in [0.15, 0.2) is 40.6 Å². The molecule has 2 bridgehead atoms. The molecule has 2 unspecified atom stereocenters. The van der Waals surface area contributed by atoms with Crippen LogP contribution in [0.25, 0.3) is 28.0 Å². The summed E-state index contributed by atoms with van der Waals surface area (Å²) in [5.41, 5.74) is 5.03. The zero-order valence-corrected chi connectivity index (χ0v) is 27.4. The van der Waals surface area contributed by atoms with Crippen LogP contribution in [0.4, 0.5) is 10.3 Å². The Bertz CT molecular complexity index is 2300. The Labute approximate surface area is 275 Å². The molecule has 3 aliphatic heterocycles. The number of nitrogens with one attached hydrogen (secondary N) is 2. The normalized spacial score (nSPS) is 36.2. The van der Waals surface area contributed by atoms with E-state index in [1.807, 2.05) is 0 Å². The first-order valence-electron chi connectivity index (χ1n) is 14.0. The van der Waals surface area contributed by atoms with Gasteiger partial charge in [0.05, 0.1) is 25.9 Å². The summed E-state index contributed by atoms with van der Waals surface area (Å²) in [5, 5.41) is 11.4. The lowest BCUT2D eigenvalue weighted by Crippen LogP contribution is -2.36. The summed E-state index contributed by atoms with van der Waals surface area (Å²) in [6, 6.07) is 3.35. The lowest BCUT2D eigenvalue weighted by Gasteiger charge is -2.27. The summed E-state index contributed by atoms with van der Waals surface area (Å²) in [5.74, 6) is -0.260. The number of nitrogens with zero attached hydrogens (tertiary/aromatic N) is 6. The number of ether oxygens (including phenoxy) is 2. The number of aliphatic hydroxyl groups excluding tert-OH is 1. The van der Waals surface area contributed by atoms with E-state index in [9.17, 15) is 24.2 Å². The summed E-state index contributed by atoms with van der Waals surface area (Å²) in [7, 11) is 0. The Balaban J connectivity index is 1.13. The van der Waals surface area contributed by atoms with E-state index in [1.165, 1.54) is 10.9 Å². The highest BCUT2D eigenvalue weighted by Gasteiger charge is 2.53. The first kappa shape index (κ1) is 32.2. The predicted octanol–water partition coefficient (Wildman–Crippen LogP) is 0.258. The van der Waals surface area contributed by atoms with E-state index in [0.29, 0.717) is 5.65 Å². The average molecular weight is 748 g/mol. The number of H-pyrrole nitrogens is 2. The zero-order chi connectivity index (χ0) is 33.7. The number of thiol groups is 1. The molecule has 8 rings (SSSR count). The van der Waals surface area contributed by atoms with Crippen molar-refractivity contribution in [1.82, 2.24) is 38.5 Å². The van der Waals surface area contributed by atoms with E-state index < -0.39 is 87.0 Å². The molecule has 3 saturated heterocycles. The summed E-state index contributed by atoms with van der Waals surface area (Å²) in [4.78, 5) is 53.3. The second-order valence-corrected chi connectivity index (χ2v) is 16.7. The summed E-state index contributed by atoms with van der Waals surface area (Å²) in [6.07, 6.45) is -8.33. The van der Waals surface area contributed by atoms with Crippen molar-refractivity contribution in [2.24, 2.45) is 0 Å². The monoisotopic (exact) mass is 747 g/mol. The number of anilines is 1. The van der Waals surface area contributed by atoms with Crippen molar-refractivity contribution in [2.75, 3.05) is 18.9 Å². The Morgan fingerprint density at radius 2 is 1.73 bits per heavy atom. The molecule has 0 spiro atoms. The zero-order valence-electron chi connectivity index (χ0n) is 23.9. The van der Waals surface area contributed by atoms with Crippen LogP contribution in [-0.4, -0.2) is 98.4 Å². The van der Waals surface area contributed by atoms with Gasteiger partial charge in [0.15, 0.2) is 41.0 Å². The van der Waals surface area contributed by atoms with E-state index in [1.54, 1.807) is 22.7 Å². The van der Waals surface area contributed by atoms with Crippen molar-refractivity contribution in [3.63, 3.8) is 0 Å². The molecule has 3 aliphatic rings. The minimum absolute atomic E-state index is 0.0386. The van der Waals surface area contributed by atoms with Gasteiger partial charge in [0.25, 0.3) is 11.1 Å². The smallest absolute Gasteiger partial charge is 0.386 e. The number of hydrogen-bond donors (Lipinski definition) is 6. The van der Waals surface area contributed by atoms with E-state index >= 15 is 4.39 Å². The molecule has 0 amide bonds. The third-order valence-corrected chi connectivity index (χ3v) is 11.3. The Morgan fingerprint density at radius 1 is 1.02 bits per heavy atom. The van der Waals surface area contributed by atoms with Crippen LogP contribution in [0.1, 0.15) is 12.5 Å². The van der Waals surface area contributed by atoms with Gasteiger partial charge < -0.3 is 34.7 Å². The van der Waals surface area contributed by atoms with Gasteiger partial charge in [-0.2, -0.15) is 4.98 Å². The number of rotatable bonds is 2. The molecular weight excluding hydrogens is 723 g/mol. The van der Waals surface area contributed by atoms with Gasteiger partial charge in [-0.05, 0) is 23.9 Å². The molecule has 3 fully saturated rings. The number of alkyl halides is 1. The van der Waals surface area contributed by atoms with Gasteiger partial charge in [-0.25, -0.2) is 18.9 Å². The molecular formula is C23H24FN9O11P2S2. The van der Waals surface area contributed by atoms with Crippen molar-refractivity contribution >= 4 is 71.5 Å². The fourth-order valence-corrected chi connectivity index (χ4v) is 8.89. The second kappa shape index (κ2) is 11.5. The number of aromatic nitrogens is 8. The van der Waals surface area contributed by atoms with Crippen molar-refractivity contribution in [3.8, 4) is 0 Å². The highest BCUT2D eigenvalue weighted by molar-refractivity contribution is 8.44. The SMILES string of the molecule is Nc1nc2c(ncn2[C@@H]2O[C@@H]3COP(O)(=S)O[C@H]4[C@@H](O)[C@H](n5cnc6c(=O)[nH]c7cccn7c65)O[C@@H]4COP(=O)(S)O[C@@H]2[C@@H]3F)c(=O)[nH]1. The van der Waals surface area contributed by atoms with E-state index in [2.05, 4.69) is 37.2 Å². The molecule has 20 nitrogen and oxygen atoms in total. The molecule has 0 radical (unpaired) electrons. The molecule has 0 aliphatic carbocycles. The van der Waals surface area contributed by atoms with Gasteiger partial charge in [0, 0.05) is 6.20 Å². The number of aliphatic hydroxyl groups is 1. The van der Waals surface area contributed by atoms with Gasteiger partial charge in [-0.1, -0.05) is 12.2 Å². The van der Waals surface area contributed by atoms with E-state index in [4.69, 9.17) is 45.1 Å². The van der Waals surface area contributed by atoms with Gasteiger partial charge >= 0.3 is 13.5 Å². The molecule has 6 N–H and O–H groups in total. The largest absolute Gasteiger partial charge is 0.386 e. The quantitative estimate of drug-likeness (QED) is 0.105. The van der Waals surface area contributed by atoms with Crippen molar-refractivity contribution < 1.29 is 46.5 Å². The van der Waals surface area contributed by atoms with Gasteiger partial charge in [0.1, 0.15) is 36.2 Å². The second-order valence-electron chi connectivity index (χ2n) is 11.1. The highest BCUT2D eigenvalue weighted by Crippen LogP contribution is 2.58. The number of hydrogen-bond acceptors (Lipinski definition) is 15. The maximum absolute atomic E-state index is 15.9. The first-order valence-corrected chi connectivity index (χ1v) is 19.3. The average Bonchev–Trinajstić information content (AvgIpc) is 3.84. The molecule has 25 heteroatoms. The Morgan fingerprint density at radius 3 is 2.54 bits per heavy atom. The lowest BCUT2D eigenvalue weighted by molar-refractivity contribution is -0.0584. The number of nitrogen functional groups attached to an aromatic ring is 1. The van der Waals surface area contributed by atoms with Crippen LogP contribution >= 0.6 is 25.8 Å². The number of aromatic amines is 2. The van der Waals surface area contributed by atoms with Gasteiger partial charge in [-0.15, -0.1) is 0 Å². The Kier molecular flexibility index (Phi) is 7.71. The topological polar surface area (TPSA) is 258 Å². The van der Waals surface area contributed by atoms with Crippen LogP contribution in [0.2, 0.25) is 0 Å². The minimum atomic E-state index is -4.48. The summed E-state index contributed by atoms with van der Waals surface area (Å²) < 4.78 is 67.8. The van der Waals surface area contributed by atoms with Gasteiger partial charge in [0.2, 0.25) is 5.95 Å². The lowest BCUT2D eigenvalue weighted by atomic mass is 10.1. The number of imidazole rings is 2. The van der Waals surface area contributed by atoms with Gasteiger partial charge in [-0.3, -0.25) is 41.7 Å². The van der Waals surface area contributed by atoms with Crippen molar-refractivity contribution in [1.29, 1.82) is 0 Å². The van der Waals surface area contributed by atoms with Crippen LogP contribution in [0.3, 0.4) is 0 Å². The minimum Gasteiger partial charge on any atom is -0.386 e. The molecule has 256 valence electrons. The summed E-state index contributed by atoms with van der Waals surface area (Å²) in [6.45, 7) is -10.1. The van der Waals surface area contributed by atoms with Crippen LogP contribution in [0.5, 0.6) is 0 Å². The number of halogens is 1. The maximum Gasteiger partial charge on any atom is 0.386 e. The maximum atomic E-state index is 15.9. The molecule has 8 heterocycles. The highest BCUT2D eigenvalue weighted by atomic mass is 32.7. The standard InChI is InChI=1S/C23H24FN9O11P2S2/c24-11-8-4-39-45(37,47)43-15-9(42-21(14(15)34)33-7-27-13-19(36)28-10-2-1-3-31(10)20(13)33)5-40-46(38,48)44-16(11)22(41-8)32-6-26-12-17(32)29-23(25)30-18(12)35/h1-3,6-9,11,14-16,21-22,34H,4-5H2,(H,28,36)(H,37,47)(H,38,48)(H3,25,29,30,35)/t8-,9-,11-,14-,15-,16-,21-,22-,45?,46?/m1/s1. The molecule has 48 heavy (non-hydrogen) atoms. The third-order valence-electron chi connectivity index (χ3n) is 8.09. The molecule has 10 atom stereocenters. The molecule has 5 aromatic rings. The van der Waals surface area contributed by atoms with Crippen LogP contribution in [0, 0.1) is 0 Å². The van der Waals surface area contributed by atoms with Crippen LogP contribution < -0.4 is 16.9 Å². The first-order chi connectivity index (χ1) is 22.8. The van der Waals surface area contributed by atoms with E-state index in [0.717, 1.165) is 10.9 Å². The van der Waals surface area contributed by atoms with E-state index in [-0.39, 0.29) is 28.3 Å². The number of fused-ring (bicyclic) bond motifs is 7. The molecule has 0 saturated carbocycles. The predicted molar refractivity (Wildman–Crippen MR) is 167 cm³/mol. The summed E-state index contributed by atoms with van der Waals surface area (Å²) >= 11 is 9.26. The van der Waals surface area contributed by atoms with Crippen LogP contribution in [-0.2, 0) is 43.9 Å². The fourth-order valence-electron chi connectivity index (χ4n) is 5.99. The fraction of sp³-hybridized carbons (Fsp3) is 0.435. The number of nitrogens with two attached hydrogens (primary N) is 1. The molecule has 5 aromatic heterocycles.